The summed E-state index contributed by atoms with van der Waals surface area (Å²) in [5.74, 6) is 0.940. The molecule has 1 aliphatic rings. The van der Waals surface area contributed by atoms with Gasteiger partial charge in [-0.3, -0.25) is 0 Å². The summed E-state index contributed by atoms with van der Waals surface area (Å²) in [5, 5.41) is 3.53. The van der Waals surface area contributed by atoms with Crippen molar-refractivity contribution in [1.82, 2.24) is 5.32 Å². The monoisotopic (exact) mass is 285 g/mol. The lowest BCUT2D eigenvalue weighted by molar-refractivity contribution is -0.137. The summed E-state index contributed by atoms with van der Waals surface area (Å²) >= 11 is 0. The molecular weight excluding hydrogens is 263 g/mol. The van der Waals surface area contributed by atoms with E-state index in [1.54, 1.807) is 12.1 Å². The first kappa shape index (κ1) is 15.4. The molecule has 20 heavy (non-hydrogen) atoms. The van der Waals surface area contributed by atoms with Crippen molar-refractivity contribution in [2.45, 2.75) is 51.2 Å². The SMILES string of the molecule is CCCNC1CC(c2ccc(C(F)(F)F)cc2)C1CC. The van der Waals surface area contributed by atoms with Gasteiger partial charge >= 0.3 is 6.18 Å². The van der Waals surface area contributed by atoms with E-state index >= 15 is 0 Å². The van der Waals surface area contributed by atoms with Gasteiger partial charge in [0.25, 0.3) is 0 Å². The first-order chi connectivity index (χ1) is 9.47. The van der Waals surface area contributed by atoms with Crippen molar-refractivity contribution in [3.63, 3.8) is 0 Å². The summed E-state index contributed by atoms with van der Waals surface area (Å²) in [6.07, 6.45) is -1.04. The van der Waals surface area contributed by atoms with Crippen LogP contribution < -0.4 is 5.32 Å². The van der Waals surface area contributed by atoms with Crippen molar-refractivity contribution in [3.05, 3.63) is 35.4 Å². The largest absolute Gasteiger partial charge is 0.416 e. The van der Waals surface area contributed by atoms with Crippen LogP contribution in [0.2, 0.25) is 0 Å². The number of rotatable bonds is 5. The molecule has 0 bridgehead atoms. The van der Waals surface area contributed by atoms with Gasteiger partial charge in [0, 0.05) is 6.04 Å². The van der Waals surface area contributed by atoms with Crippen LogP contribution in [0.4, 0.5) is 13.2 Å². The summed E-state index contributed by atoms with van der Waals surface area (Å²) in [7, 11) is 0. The van der Waals surface area contributed by atoms with E-state index in [4.69, 9.17) is 0 Å². The van der Waals surface area contributed by atoms with Gasteiger partial charge in [-0.1, -0.05) is 32.4 Å². The van der Waals surface area contributed by atoms with Crippen molar-refractivity contribution < 1.29 is 13.2 Å². The zero-order valence-electron chi connectivity index (χ0n) is 12.0. The summed E-state index contributed by atoms with van der Waals surface area (Å²) in [4.78, 5) is 0. The van der Waals surface area contributed by atoms with Crippen LogP contribution in [0.25, 0.3) is 0 Å². The maximum Gasteiger partial charge on any atom is 0.416 e. The number of alkyl halides is 3. The lowest BCUT2D eigenvalue weighted by Crippen LogP contribution is -2.49. The third-order valence-corrected chi connectivity index (χ3v) is 4.34. The Hall–Kier alpha value is -1.03. The Bertz CT molecular complexity index is 424. The first-order valence-electron chi connectivity index (χ1n) is 7.37. The van der Waals surface area contributed by atoms with Crippen molar-refractivity contribution >= 4 is 0 Å². The molecule has 3 atom stereocenters. The van der Waals surface area contributed by atoms with Crippen molar-refractivity contribution in [2.24, 2.45) is 5.92 Å². The molecule has 1 aliphatic carbocycles. The number of halogens is 3. The number of nitrogens with one attached hydrogen (secondary N) is 1. The second-order valence-corrected chi connectivity index (χ2v) is 5.59. The van der Waals surface area contributed by atoms with Gasteiger partial charge in [0.15, 0.2) is 0 Å². The van der Waals surface area contributed by atoms with Gasteiger partial charge in [0.1, 0.15) is 0 Å². The van der Waals surface area contributed by atoms with E-state index in [-0.39, 0.29) is 0 Å². The van der Waals surface area contributed by atoms with Gasteiger partial charge in [0.05, 0.1) is 5.56 Å². The van der Waals surface area contributed by atoms with Gasteiger partial charge in [-0.2, -0.15) is 13.2 Å². The number of hydrogen-bond acceptors (Lipinski definition) is 1. The van der Waals surface area contributed by atoms with E-state index in [2.05, 4.69) is 19.2 Å². The third kappa shape index (κ3) is 3.17. The smallest absolute Gasteiger partial charge is 0.314 e. The molecular formula is C16H22F3N. The zero-order valence-corrected chi connectivity index (χ0v) is 12.0. The Balaban J connectivity index is 2.02. The summed E-state index contributed by atoms with van der Waals surface area (Å²) in [6.45, 7) is 5.31. The fourth-order valence-corrected chi connectivity index (χ4v) is 3.14. The molecule has 1 saturated carbocycles. The van der Waals surface area contributed by atoms with Gasteiger partial charge < -0.3 is 5.32 Å². The fourth-order valence-electron chi connectivity index (χ4n) is 3.14. The summed E-state index contributed by atoms with van der Waals surface area (Å²) in [5.41, 5.74) is 0.480. The Labute approximate surface area is 118 Å². The number of benzene rings is 1. The summed E-state index contributed by atoms with van der Waals surface area (Å²) in [6, 6.07) is 6.22. The minimum absolute atomic E-state index is 0.400. The van der Waals surface area contributed by atoms with Crippen LogP contribution in [0.15, 0.2) is 24.3 Å². The average Bonchev–Trinajstić information content (AvgIpc) is 2.37. The van der Waals surface area contributed by atoms with Crippen molar-refractivity contribution in [1.29, 1.82) is 0 Å². The Morgan fingerprint density at radius 1 is 1.15 bits per heavy atom. The van der Waals surface area contributed by atoms with Gasteiger partial charge in [-0.15, -0.1) is 0 Å². The molecule has 3 unspecified atom stereocenters. The van der Waals surface area contributed by atoms with Crippen LogP contribution >= 0.6 is 0 Å². The molecule has 0 radical (unpaired) electrons. The maximum absolute atomic E-state index is 12.6. The van der Waals surface area contributed by atoms with Crippen LogP contribution in [-0.4, -0.2) is 12.6 Å². The molecule has 0 heterocycles. The Kier molecular flexibility index (Phi) is 4.74. The molecule has 4 heteroatoms. The molecule has 0 amide bonds. The van der Waals surface area contributed by atoms with Gasteiger partial charge in [-0.05, 0) is 48.9 Å². The minimum atomic E-state index is -4.24. The number of hydrogen-bond donors (Lipinski definition) is 1. The molecule has 0 spiro atoms. The van der Waals surface area contributed by atoms with E-state index in [1.165, 1.54) is 12.1 Å². The highest BCUT2D eigenvalue weighted by atomic mass is 19.4. The van der Waals surface area contributed by atoms with Crippen LogP contribution in [0, 0.1) is 5.92 Å². The fraction of sp³-hybridized carbons (Fsp3) is 0.625. The molecule has 0 aromatic heterocycles. The highest BCUT2D eigenvalue weighted by Gasteiger charge is 2.40. The van der Waals surface area contributed by atoms with Crippen LogP contribution in [0.5, 0.6) is 0 Å². The van der Waals surface area contributed by atoms with Crippen molar-refractivity contribution in [3.8, 4) is 0 Å². The van der Waals surface area contributed by atoms with E-state index in [9.17, 15) is 13.2 Å². The topological polar surface area (TPSA) is 12.0 Å². The molecule has 1 fully saturated rings. The van der Waals surface area contributed by atoms with Crippen LogP contribution in [0.3, 0.4) is 0 Å². The van der Waals surface area contributed by atoms with Crippen LogP contribution in [-0.2, 0) is 6.18 Å². The van der Waals surface area contributed by atoms with E-state index in [1.807, 2.05) is 0 Å². The van der Waals surface area contributed by atoms with Crippen LogP contribution in [0.1, 0.15) is 50.2 Å². The molecule has 1 N–H and O–H groups in total. The molecule has 1 nitrogen and oxygen atoms in total. The summed E-state index contributed by atoms with van der Waals surface area (Å²) < 4.78 is 37.7. The second kappa shape index (κ2) is 6.17. The van der Waals surface area contributed by atoms with Gasteiger partial charge in [0.2, 0.25) is 0 Å². The highest BCUT2D eigenvalue weighted by molar-refractivity contribution is 5.30. The van der Waals surface area contributed by atoms with E-state index < -0.39 is 11.7 Å². The third-order valence-electron chi connectivity index (χ3n) is 4.34. The predicted molar refractivity (Wildman–Crippen MR) is 74.7 cm³/mol. The normalized spacial score (nSPS) is 26.4. The molecule has 1 aromatic carbocycles. The molecule has 0 aliphatic heterocycles. The Morgan fingerprint density at radius 2 is 1.80 bits per heavy atom. The zero-order chi connectivity index (χ0) is 14.8. The molecule has 112 valence electrons. The Morgan fingerprint density at radius 3 is 2.30 bits per heavy atom. The first-order valence-corrected chi connectivity index (χ1v) is 7.37. The molecule has 0 saturated heterocycles. The maximum atomic E-state index is 12.6. The van der Waals surface area contributed by atoms with Crippen molar-refractivity contribution in [2.75, 3.05) is 6.54 Å². The lowest BCUT2D eigenvalue weighted by Gasteiger charge is -2.45. The standard InChI is InChI=1S/C16H22F3N/c1-3-9-20-15-10-14(13(15)4-2)11-5-7-12(8-6-11)16(17,18)19/h5-8,13-15,20H,3-4,9-10H2,1-2H3. The van der Waals surface area contributed by atoms with Gasteiger partial charge in [-0.25, -0.2) is 0 Å². The van der Waals surface area contributed by atoms with E-state index in [0.29, 0.717) is 17.9 Å². The highest BCUT2D eigenvalue weighted by Crippen LogP contribution is 2.45. The predicted octanol–water partition coefficient (Wildman–Crippen LogP) is 4.59. The second-order valence-electron chi connectivity index (χ2n) is 5.59. The average molecular weight is 285 g/mol. The quantitative estimate of drug-likeness (QED) is 0.834. The molecule has 1 aromatic rings. The minimum Gasteiger partial charge on any atom is -0.314 e. The van der Waals surface area contributed by atoms with E-state index in [0.717, 1.165) is 31.4 Å². The lowest BCUT2D eigenvalue weighted by atomic mass is 9.65. The molecule has 2 rings (SSSR count).